The summed E-state index contributed by atoms with van der Waals surface area (Å²) >= 11 is 0. The van der Waals surface area contributed by atoms with Crippen molar-refractivity contribution in [3.63, 3.8) is 0 Å². The standard InChI is InChI=1S/C70H62BN3/c1-68(2,3)49-33-37-52(38-34-49)72(53-39-35-50(36-40-53)69(4,5)6)54-43-59-63-60(44-54)74-65(48-29-20-13-21-30-48)62(46-25-16-11-17-26-46)56-41-51(70(7,8)9)42-58(67(56)74)71(63)57-32-22-31-55-61(45-23-14-10-15-24-45)64(73(59)66(55)57)47-27-18-12-19-28-47/h10-44H,1-9H3. The molecule has 9 aromatic carbocycles. The van der Waals surface area contributed by atoms with Crippen LogP contribution in [0.1, 0.15) is 79.0 Å². The molecule has 0 saturated heterocycles. The van der Waals surface area contributed by atoms with E-state index in [1.54, 1.807) is 0 Å². The van der Waals surface area contributed by atoms with E-state index in [1.165, 1.54) is 111 Å². The van der Waals surface area contributed by atoms with Gasteiger partial charge in [0.2, 0.25) is 0 Å². The van der Waals surface area contributed by atoms with Crippen LogP contribution in [0.15, 0.2) is 212 Å². The van der Waals surface area contributed by atoms with Gasteiger partial charge in [-0.05, 0) is 114 Å². The predicted molar refractivity (Wildman–Crippen MR) is 317 cm³/mol. The Morgan fingerprint density at radius 3 is 1.18 bits per heavy atom. The van der Waals surface area contributed by atoms with E-state index in [0.29, 0.717) is 0 Å². The molecule has 0 unspecified atom stereocenters. The number of aromatic nitrogens is 2. The number of hydrogen-bond donors (Lipinski definition) is 0. The lowest BCUT2D eigenvalue weighted by Crippen LogP contribution is -2.59. The second kappa shape index (κ2) is 16.7. The maximum atomic E-state index is 2.67. The van der Waals surface area contributed by atoms with E-state index in [0.717, 1.165) is 17.1 Å². The molecule has 360 valence electrons. The Bertz CT molecular complexity index is 3900. The fourth-order valence-electron chi connectivity index (χ4n) is 12.3. The van der Waals surface area contributed by atoms with E-state index in [1.807, 2.05) is 0 Å². The molecule has 13 rings (SSSR count). The Kier molecular flexibility index (Phi) is 10.3. The van der Waals surface area contributed by atoms with Crippen molar-refractivity contribution in [3.8, 4) is 56.1 Å². The topological polar surface area (TPSA) is 13.1 Å². The molecule has 0 aliphatic carbocycles. The highest BCUT2D eigenvalue weighted by Gasteiger charge is 2.44. The fourth-order valence-corrected chi connectivity index (χ4v) is 12.3. The van der Waals surface area contributed by atoms with Gasteiger partial charge in [-0.2, -0.15) is 0 Å². The summed E-state index contributed by atoms with van der Waals surface area (Å²) in [6, 6.07) is 80.4. The number of benzene rings is 9. The molecule has 2 aliphatic rings. The van der Waals surface area contributed by atoms with Gasteiger partial charge in [0.25, 0.3) is 6.71 Å². The van der Waals surface area contributed by atoms with Gasteiger partial charge in [0.05, 0.1) is 17.1 Å². The van der Waals surface area contributed by atoms with Gasteiger partial charge in [0.15, 0.2) is 0 Å². The molecule has 0 N–H and O–H groups in total. The molecule has 0 radical (unpaired) electrons. The molecule has 4 heteroatoms. The monoisotopic (exact) mass is 956 g/mol. The zero-order valence-corrected chi connectivity index (χ0v) is 44.1. The quantitative estimate of drug-likeness (QED) is 0.145. The van der Waals surface area contributed by atoms with Crippen LogP contribution in [0.3, 0.4) is 0 Å². The maximum Gasteiger partial charge on any atom is 0.252 e. The van der Waals surface area contributed by atoms with E-state index in [-0.39, 0.29) is 23.0 Å². The van der Waals surface area contributed by atoms with Crippen LogP contribution >= 0.6 is 0 Å². The predicted octanol–water partition coefficient (Wildman–Crippen LogP) is 16.7. The van der Waals surface area contributed by atoms with Crippen LogP contribution in [0, 0.1) is 0 Å². The number of hydrogen-bond acceptors (Lipinski definition) is 1. The molecule has 2 aliphatic heterocycles. The van der Waals surface area contributed by atoms with Crippen molar-refractivity contribution < 1.29 is 0 Å². The third kappa shape index (κ3) is 7.17. The highest BCUT2D eigenvalue weighted by molar-refractivity contribution is 7.00. The lowest BCUT2D eigenvalue weighted by molar-refractivity contribution is 0.590. The molecule has 0 saturated carbocycles. The van der Waals surface area contributed by atoms with Crippen molar-refractivity contribution in [2.24, 2.45) is 0 Å². The molecule has 4 heterocycles. The second-order valence-corrected chi connectivity index (χ2v) is 23.8. The molecular formula is C70H62BN3. The largest absolute Gasteiger partial charge is 0.310 e. The van der Waals surface area contributed by atoms with Crippen molar-refractivity contribution in [2.45, 2.75) is 78.6 Å². The van der Waals surface area contributed by atoms with E-state index in [2.05, 4.69) is 289 Å². The first-order chi connectivity index (χ1) is 35.6. The number of anilines is 3. The average molecular weight is 956 g/mol. The van der Waals surface area contributed by atoms with Gasteiger partial charge in [0, 0.05) is 55.7 Å². The SMILES string of the molecule is CC(C)(C)c1ccc(N(c2ccc(C(C)(C)C)cc2)c2cc3c4c(c2)-n2c(-c5ccccc5)c(-c5ccccc5)c5cc(C(C)(C)C)cc(c52)B4c2cccc4c(-c5ccccc5)c(-c5ccccc5)n-3c24)cc1. The van der Waals surface area contributed by atoms with Crippen molar-refractivity contribution in [1.29, 1.82) is 0 Å². The lowest BCUT2D eigenvalue weighted by Gasteiger charge is -2.37. The first-order valence-electron chi connectivity index (χ1n) is 26.5. The van der Waals surface area contributed by atoms with Crippen LogP contribution in [0.2, 0.25) is 0 Å². The minimum atomic E-state index is -0.117. The minimum Gasteiger partial charge on any atom is -0.310 e. The molecule has 0 fully saturated rings. The van der Waals surface area contributed by atoms with Crippen molar-refractivity contribution in [1.82, 2.24) is 9.13 Å². The molecule has 0 amide bonds. The molecule has 2 aromatic heterocycles. The van der Waals surface area contributed by atoms with Crippen molar-refractivity contribution in [2.75, 3.05) is 4.90 Å². The van der Waals surface area contributed by atoms with Gasteiger partial charge in [-0.15, -0.1) is 0 Å². The van der Waals surface area contributed by atoms with Gasteiger partial charge in [-0.3, -0.25) is 0 Å². The van der Waals surface area contributed by atoms with Crippen LogP contribution in [0.5, 0.6) is 0 Å². The number of rotatable bonds is 7. The fraction of sp³-hybridized carbons (Fsp3) is 0.171. The van der Waals surface area contributed by atoms with E-state index >= 15 is 0 Å². The smallest absolute Gasteiger partial charge is 0.252 e. The summed E-state index contributed by atoms with van der Waals surface area (Å²) in [5.74, 6) is 0. The summed E-state index contributed by atoms with van der Waals surface area (Å²) in [7, 11) is 0. The molecule has 0 bridgehead atoms. The Labute approximate surface area is 437 Å². The van der Waals surface area contributed by atoms with Crippen LogP contribution in [-0.2, 0) is 16.2 Å². The van der Waals surface area contributed by atoms with E-state index in [9.17, 15) is 0 Å². The number of fused-ring (bicyclic) bond motifs is 4. The van der Waals surface area contributed by atoms with Crippen LogP contribution in [-0.4, -0.2) is 15.8 Å². The van der Waals surface area contributed by atoms with Gasteiger partial charge in [0.1, 0.15) is 0 Å². The van der Waals surface area contributed by atoms with Gasteiger partial charge in [-0.25, -0.2) is 0 Å². The average Bonchev–Trinajstić information content (AvgIpc) is 3.95. The molecule has 0 spiro atoms. The Morgan fingerprint density at radius 2 is 0.743 bits per heavy atom. The van der Waals surface area contributed by atoms with Crippen molar-refractivity contribution in [3.05, 3.63) is 229 Å². The van der Waals surface area contributed by atoms with Gasteiger partial charge < -0.3 is 14.0 Å². The van der Waals surface area contributed by atoms with E-state index in [4.69, 9.17) is 0 Å². The molecule has 11 aromatic rings. The zero-order valence-electron chi connectivity index (χ0n) is 44.1. The first kappa shape index (κ1) is 45.8. The minimum absolute atomic E-state index is 0.00451. The third-order valence-electron chi connectivity index (χ3n) is 16.0. The summed E-state index contributed by atoms with van der Waals surface area (Å²) in [5, 5.41) is 2.54. The first-order valence-corrected chi connectivity index (χ1v) is 26.5. The van der Waals surface area contributed by atoms with Crippen LogP contribution < -0.4 is 21.3 Å². The Hall–Kier alpha value is -8.08. The molecule has 0 atom stereocenters. The summed E-state index contributed by atoms with van der Waals surface area (Å²) in [6.45, 7) is 20.8. The highest BCUT2D eigenvalue weighted by atomic mass is 15.2. The lowest BCUT2D eigenvalue weighted by atomic mass is 9.34. The normalized spacial score (nSPS) is 12.9. The summed E-state index contributed by atoms with van der Waals surface area (Å²) in [4.78, 5) is 2.51. The van der Waals surface area contributed by atoms with E-state index < -0.39 is 0 Å². The van der Waals surface area contributed by atoms with Gasteiger partial charge in [-0.1, -0.05) is 232 Å². The third-order valence-corrected chi connectivity index (χ3v) is 16.0. The van der Waals surface area contributed by atoms with Crippen LogP contribution in [0.4, 0.5) is 17.1 Å². The molecule has 3 nitrogen and oxygen atoms in total. The van der Waals surface area contributed by atoms with Gasteiger partial charge >= 0.3 is 0 Å². The summed E-state index contributed by atoms with van der Waals surface area (Å²) < 4.78 is 5.33. The summed E-state index contributed by atoms with van der Waals surface area (Å²) in [5.41, 5.74) is 25.8. The van der Waals surface area contributed by atoms with Crippen molar-refractivity contribution >= 4 is 62.0 Å². The molecular weight excluding hydrogens is 894 g/mol. The molecule has 74 heavy (non-hydrogen) atoms. The van der Waals surface area contributed by atoms with Crippen LogP contribution in [0.25, 0.3) is 77.9 Å². The number of para-hydroxylation sites is 1. The number of nitrogens with zero attached hydrogens (tertiary/aromatic N) is 3. The zero-order chi connectivity index (χ0) is 50.8. The Balaban J connectivity index is 1.24. The Morgan fingerprint density at radius 1 is 0.338 bits per heavy atom. The summed E-state index contributed by atoms with van der Waals surface area (Å²) in [6.07, 6.45) is 0. The second-order valence-electron chi connectivity index (χ2n) is 23.8. The highest BCUT2D eigenvalue weighted by Crippen LogP contribution is 2.50. The maximum absolute atomic E-state index is 2.67.